The molecule has 0 fully saturated rings. The summed E-state index contributed by atoms with van der Waals surface area (Å²) in [6.07, 6.45) is 2.26. The highest BCUT2D eigenvalue weighted by molar-refractivity contribution is 6.29. The molecule has 0 spiro atoms. The zero-order valence-corrected chi connectivity index (χ0v) is 11.9. The van der Waals surface area contributed by atoms with Crippen LogP contribution in [0.2, 0.25) is 5.15 Å². The Morgan fingerprint density at radius 3 is 2.61 bits per heavy atom. The van der Waals surface area contributed by atoms with Crippen LogP contribution in [0.3, 0.4) is 0 Å². The van der Waals surface area contributed by atoms with E-state index < -0.39 is 0 Å². The van der Waals surface area contributed by atoms with Gasteiger partial charge in [0.15, 0.2) is 0 Å². The van der Waals surface area contributed by atoms with Crippen LogP contribution in [-0.2, 0) is 0 Å². The van der Waals surface area contributed by atoms with Gasteiger partial charge in [0.05, 0.1) is 0 Å². The van der Waals surface area contributed by atoms with Gasteiger partial charge in [-0.3, -0.25) is 0 Å². The fraction of sp³-hybridized carbons (Fsp3) is 0.667. The minimum absolute atomic E-state index is 0.202. The van der Waals surface area contributed by atoms with Gasteiger partial charge in [0, 0.05) is 12.6 Å². The highest BCUT2D eigenvalue weighted by atomic mass is 35.5. The van der Waals surface area contributed by atoms with Crippen molar-refractivity contribution in [2.75, 3.05) is 37.2 Å². The first-order valence-corrected chi connectivity index (χ1v) is 6.79. The van der Waals surface area contributed by atoms with Gasteiger partial charge in [0.2, 0.25) is 5.95 Å². The van der Waals surface area contributed by atoms with Crippen molar-refractivity contribution in [1.29, 1.82) is 0 Å². The predicted octanol–water partition coefficient (Wildman–Crippen LogP) is 2.25. The molecule has 0 atom stereocenters. The van der Waals surface area contributed by atoms with E-state index in [1.807, 2.05) is 0 Å². The number of halogens is 1. The van der Waals surface area contributed by atoms with E-state index in [9.17, 15) is 0 Å². The van der Waals surface area contributed by atoms with Crippen molar-refractivity contribution >= 4 is 23.4 Å². The average molecular weight is 272 g/mol. The zero-order chi connectivity index (χ0) is 13.4. The summed E-state index contributed by atoms with van der Waals surface area (Å²) in [6, 6.07) is 1.68. The van der Waals surface area contributed by atoms with Crippen LogP contribution < -0.4 is 11.1 Å². The molecule has 0 aliphatic carbocycles. The fourth-order valence-corrected chi connectivity index (χ4v) is 1.93. The van der Waals surface area contributed by atoms with Gasteiger partial charge in [-0.2, -0.15) is 4.98 Å². The maximum Gasteiger partial charge on any atom is 0.223 e. The molecule has 0 saturated carbocycles. The van der Waals surface area contributed by atoms with Crippen molar-refractivity contribution in [1.82, 2.24) is 14.9 Å². The van der Waals surface area contributed by atoms with Gasteiger partial charge in [-0.25, -0.2) is 4.98 Å². The fourth-order valence-electron chi connectivity index (χ4n) is 1.74. The van der Waals surface area contributed by atoms with Crippen LogP contribution >= 0.6 is 11.6 Å². The topological polar surface area (TPSA) is 67.1 Å². The number of hydrogen-bond donors (Lipinski definition) is 2. The Bertz CT molecular complexity index is 334. The van der Waals surface area contributed by atoms with Crippen LogP contribution in [0.4, 0.5) is 11.8 Å². The minimum atomic E-state index is 0.202. The molecule has 0 amide bonds. The van der Waals surface area contributed by atoms with E-state index >= 15 is 0 Å². The van der Waals surface area contributed by atoms with Gasteiger partial charge in [-0.15, -0.1) is 0 Å². The molecule has 3 N–H and O–H groups in total. The number of nitrogens with two attached hydrogens (primary N) is 1. The molecule has 1 rings (SSSR count). The summed E-state index contributed by atoms with van der Waals surface area (Å²) >= 11 is 5.79. The molecule has 1 aromatic heterocycles. The van der Waals surface area contributed by atoms with E-state index in [-0.39, 0.29) is 5.95 Å². The second-order valence-electron chi connectivity index (χ2n) is 4.09. The van der Waals surface area contributed by atoms with E-state index in [1.165, 1.54) is 6.42 Å². The second-order valence-corrected chi connectivity index (χ2v) is 4.48. The normalized spacial score (nSPS) is 10.9. The molecule has 0 saturated heterocycles. The molecule has 102 valence electrons. The van der Waals surface area contributed by atoms with Crippen molar-refractivity contribution < 1.29 is 0 Å². The number of nitrogens with zero attached hydrogens (tertiary/aromatic N) is 3. The highest BCUT2D eigenvalue weighted by Crippen LogP contribution is 2.12. The van der Waals surface area contributed by atoms with Gasteiger partial charge in [0.25, 0.3) is 0 Å². The second kappa shape index (κ2) is 8.11. The molecule has 0 aliphatic heterocycles. The quantitative estimate of drug-likeness (QED) is 0.561. The molecule has 18 heavy (non-hydrogen) atoms. The first-order chi connectivity index (χ1) is 8.65. The average Bonchev–Trinajstić information content (AvgIpc) is 2.32. The Kier molecular flexibility index (Phi) is 6.75. The minimum Gasteiger partial charge on any atom is -0.370 e. The van der Waals surface area contributed by atoms with Gasteiger partial charge in [0.1, 0.15) is 11.0 Å². The summed E-state index contributed by atoms with van der Waals surface area (Å²) in [5.74, 6) is 0.892. The van der Waals surface area contributed by atoms with E-state index in [0.717, 1.165) is 32.6 Å². The number of rotatable bonds is 8. The number of nitrogen functional groups attached to an aromatic ring is 1. The molecule has 1 aromatic rings. The Balaban J connectivity index is 2.21. The summed E-state index contributed by atoms with van der Waals surface area (Å²) in [7, 11) is 0. The Labute approximate surface area is 114 Å². The smallest absolute Gasteiger partial charge is 0.223 e. The van der Waals surface area contributed by atoms with Crippen LogP contribution in [0.15, 0.2) is 6.07 Å². The van der Waals surface area contributed by atoms with E-state index in [0.29, 0.717) is 11.0 Å². The van der Waals surface area contributed by atoms with Crippen molar-refractivity contribution in [2.45, 2.75) is 26.7 Å². The van der Waals surface area contributed by atoms with Crippen LogP contribution in [0.25, 0.3) is 0 Å². The summed E-state index contributed by atoms with van der Waals surface area (Å²) < 4.78 is 0. The van der Waals surface area contributed by atoms with Gasteiger partial charge >= 0.3 is 0 Å². The molecular weight excluding hydrogens is 250 g/mol. The Hall–Kier alpha value is -1.07. The monoisotopic (exact) mass is 271 g/mol. The van der Waals surface area contributed by atoms with E-state index in [1.54, 1.807) is 6.07 Å². The lowest BCUT2D eigenvalue weighted by molar-refractivity contribution is 0.298. The lowest BCUT2D eigenvalue weighted by Crippen LogP contribution is -2.24. The molecular formula is C12H22ClN5. The summed E-state index contributed by atoms with van der Waals surface area (Å²) in [4.78, 5) is 10.3. The van der Waals surface area contributed by atoms with Gasteiger partial charge in [-0.05, 0) is 32.5 Å². The first-order valence-electron chi connectivity index (χ1n) is 6.42. The molecule has 0 aromatic carbocycles. The van der Waals surface area contributed by atoms with Crippen molar-refractivity contribution in [3.8, 4) is 0 Å². The van der Waals surface area contributed by atoms with Gasteiger partial charge in [-0.1, -0.05) is 25.4 Å². The van der Waals surface area contributed by atoms with Gasteiger partial charge < -0.3 is 16.0 Å². The number of unbranched alkanes of at least 4 members (excludes halogenated alkanes) is 1. The van der Waals surface area contributed by atoms with Crippen LogP contribution in [0.5, 0.6) is 0 Å². The summed E-state index contributed by atoms with van der Waals surface area (Å²) in [5, 5.41) is 3.57. The maximum atomic E-state index is 5.79. The predicted molar refractivity (Wildman–Crippen MR) is 77.0 cm³/mol. The molecule has 5 nitrogen and oxygen atoms in total. The third-order valence-corrected chi connectivity index (χ3v) is 3.01. The van der Waals surface area contributed by atoms with E-state index in [4.69, 9.17) is 17.3 Å². The van der Waals surface area contributed by atoms with Crippen LogP contribution in [0.1, 0.15) is 26.7 Å². The molecule has 0 aliphatic rings. The largest absolute Gasteiger partial charge is 0.370 e. The van der Waals surface area contributed by atoms with E-state index in [2.05, 4.69) is 34.0 Å². The molecule has 1 heterocycles. The Morgan fingerprint density at radius 2 is 2.00 bits per heavy atom. The maximum absolute atomic E-state index is 5.79. The van der Waals surface area contributed by atoms with Crippen LogP contribution in [-0.4, -0.2) is 41.0 Å². The summed E-state index contributed by atoms with van der Waals surface area (Å²) in [6.45, 7) is 8.61. The molecule has 0 bridgehead atoms. The first kappa shape index (κ1) is 15.0. The lowest BCUT2D eigenvalue weighted by Gasteiger charge is -2.17. The molecule has 0 unspecified atom stereocenters. The molecule has 0 radical (unpaired) electrons. The van der Waals surface area contributed by atoms with Crippen molar-refractivity contribution in [3.63, 3.8) is 0 Å². The standard InChI is InChI=1S/C12H22ClN5/c1-3-18(4-2)8-6-5-7-15-11-9-10(13)16-12(14)17-11/h9H,3-8H2,1-2H3,(H3,14,15,16,17). The zero-order valence-electron chi connectivity index (χ0n) is 11.1. The number of aromatic nitrogens is 2. The number of nitrogens with one attached hydrogen (secondary N) is 1. The van der Waals surface area contributed by atoms with Crippen molar-refractivity contribution in [3.05, 3.63) is 11.2 Å². The third kappa shape index (κ3) is 5.51. The molecule has 6 heteroatoms. The van der Waals surface area contributed by atoms with Crippen molar-refractivity contribution in [2.24, 2.45) is 0 Å². The van der Waals surface area contributed by atoms with Crippen LogP contribution in [0, 0.1) is 0 Å². The Morgan fingerprint density at radius 1 is 1.28 bits per heavy atom. The summed E-state index contributed by atoms with van der Waals surface area (Å²) in [5.41, 5.74) is 5.51. The third-order valence-electron chi connectivity index (χ3n) is 2.81. The lowest BCUT2D eigenvalue weighted by atomic mass is 10.3. The SMILES string of the molecule is CCN(CC)CCCCNc1cc(Cl)nc(N)n1. The number of anilines is 2. The highest BCUT2D eigenvalue weighted by Gasteiger charge is 2.01. The number of hydrogen-bond acceptors (Lipinski definition) is 5.